The van der Waals surface area contributed by atoms with Gasteiger partial charge in [0.05, 0.1) is 6.61 Å². The van der Waals surface area contributed by atoms with Gasteiger partial charge in [-0.2, -0.15) is 0 Å². The second-order valence-electron chi connectivity index (χ2n) is 3.70. The van der Waals surface area contributed by atoms with E-state index < -0.39 is 0 Å². The first-order valence-corrected chi connectivity index (χ1v) is 7.22. The third kappa shape index (κ3) is 4.01. The van der Waals surface area contributed by atoms with Gasteiger partial charge in [-0.05, 0) is 43.4 Å². The van der Waals surface area contributed by atoms with Crippen molar-refractivity contribution in [1.29, 1.82) is 0 Å². The third-order valence-electron chi connectivity index (χ3n) is 2.31. The quantitative estimate of drug-likeness (QED) is 0.850. The molecule has 5 nitrogen and oxygen atoms in total. The van der Waals surface area contributed by atoms with Crippen LogP contribution in [0.25, 0.3) is 0 Å². The summed E-state index contributed by atoms with van der Waals surface area (Å²) in [6, 6.07) is 6.87. The summed E-state index contributed by atoms with van der Waals surface area (Å²) >= 11 is 6.45. The fourth-order valence-electron chi connectivity index (χ4n) is 1.46. The largest absolute Gasteiger partial charge is 0.494 e. The van der Waals surface area contributed by atoms with E-state index in [-0.39, 0.29) is 11.0 Å². The molecule has 0 aliphatic carbocycles. The minimum Gasteiger partial charge on any atom is -0.494 e. The summed E-state index contributed by atoms with van der Waals surface area (Å²) in [6.45, 7) is 2.50. The van der Waals surface area contributed by atoms with Crippen LogP contribution < -0.4 is 15.4 Å². The van der Waals surface area contributed by atoms with E-state index in [2.05, 4.69) is 15.6 Å². The first-order valence-electron chi connectivity index (χ1n) is 5.93. The summed E-state index contributed by atoms with van der Waals surface area (Å²) in [6.07, 6.45) is 1.66. The number of thiocarbonyl (C=S) groups is 1. The Morgan fingerprint density at radius 1 is 1.40 bits per heavy atom. The van der Waals surface area contributed by atoms with Crippen molar-refractivity contribution in [1.82, 2.24) is 10.3 Å². The molecular formula is C13H13N3O2S2. The van der Waals surface area contributed by atoms with Crippen LogP contribution in [0.1, 0.15) is 17.3 Å². The molecule has 0 fully saturated rings. The van der Waals surface area contributed by atoms with E-state index >= 15 is 0 Å². The predicted octanol–water partition coefficient (Wildman–Crippen LogP) is 2.67. The van der Waals surface area contributed by atoms with Gasteiger partial charge in [-0.25, -0.2) is 4.98 Å². The van der Waals surface area contributed by atoms with Gasteiger partial charge < -0.3 is 10.1 Å². The maximum Gasteiger partial charge on any atom is 0.257 e. The van der Waals surface area contributed by atoms with Crippen molar-refractivity contribution in [2.45, 2.75) is 6.92 Å². The standard InChI is InChI=1S/C13H13N3O2S2/c1-2-18-10-5-3-9(4-6-10)11(17)15-12(19)16-13-14-7-8-20-13/h3-8H,2H2,1H3,(H2,14,15,16,17,19). The maximum atomic E-state index is 12.0. The number of anilines is 1. The van der Waals surface area contributed by atoms with E-state index in [0.29, 0.717) is 17.3 Å². The summed E-state index contributed by atoms with van der Waals surface area (Å²) in [5.74, 6) is 0.453. The number of nitrogens with one attached hydrogen (secondary N) is 2. The normalized spacial score (nSPS) is 9.85. The molecule has 0 bridgehead atoms. The Labute approximate surface area is 126 Å². The molecular weight excluding hydrogens is 294 g/mol. The first kappa shape index (κ1) is 14.4. The molecule has 20 heavy (non-hydrogen) atoms. The molecule has 1 heterocycles. The van der Waals surface area contributed by atoms with Crippen LogP contribution >= 0.6 is 23.6 Å². The molecule has 1 aromatic carbocycles. The van der Waals surface area contributed by atoms with E-state index in [1.807, 2.05) is 12.3 Å². The predicted molar refractivity (Wildman–Crippen MR) is 83.4 cm³/mol. The molecule has 0 spiro atoms. The Bertz CT molecular complexity index is 582. The lowest BCUT2D eigenvalue weighted by molar-refractivity contribution is 0.0977. The summed E-state index contributed by atoms with van der Waals surface area (Å²) < 4.78 is 5.32. The van der Waals surface area contributed by atoms with Crippen molar-refractivity contribution in [3.63, 3.8) is 0 Å². The zero-order valence-corrected chi connectivity index (χ0v) is 12.4. The smallest absolute Gasteiger partial charge is 0.257 e. The molecule has 1 aromatic heterocycles. The molecule has 0 unspecified atom stereocenters. The molecule has 0 aliphatic rings. The Balaban J connectivity index is 1.92. The summed E-state index contributed by atoms with van der Waals surface area (Å²) in [4.78, 5) is 16.0. The minimum atomic E-state index is -0.276. The van der Waals surface area contributed by atoms with Gasteiger partial charge in [0.1, 0.15) is 5.75 Å². The fraction of sp³-hybridized carbons (Fsp3) is 0.154. The Kier molecular flexibility index (Phi) is 5.03. The van der Waals surface area contributed by atoms with E-state index in [4.69, 9.17) is 17.0 Å². The zero-order chi connectivity index (χ0) is 14.4. The number of carbonyl (C=O) groups is 1. The SMILES string of the molecule is CCOc1ccc(C(=O)NC(=S)Nc2nccs2)cc1. The number of hydrogen-bond acceptors (Lipinski definition) is 5. The minimum absolute atomic E-state index is 0.221. The number of carbonyl (C=O) groups excluding carboxylic acids is 1. The highest BCUT2D eigenvalue weighted by atomic mass is 32.1. The molecule has 0 saturated heterocycles. The van der Waals surface area contributed by atoms with Gasteiger partial charge in [-0.3, -0.25) is 10.1 Å². The summed E-state index contributed by atoms with van der Waals surface area (Å²) in [7, 11) is 0. The van der Waals surface area contributed by atoms with Gasteiger partial charge in [0.25, 0.3) is 5.91 Å². The average molecular weight is 307 g/mol. The Morgan fingerprint density at radius 2 is 2.15 bits per heavy atom. The number of ether oxygens (including phenoxy) is 1. The van der Waals surface area contributed by atoms with Gasteiger partial charge in [0, 0.05) is 17.1 Å². The maximum absolute atomic E-state index is 12.0. The average Bonchev–Trinajstić information content (AvgIpc) is 2.92. The number of aromatic nitrogens is 1. The first-order chi connectivity index (χ1) is 9.69. The third-order valence-corrected chi connectivity index (χ3v) is 3.20. The lowest BCUT2D eigenvalue weighted by Crippen LogP contribution is -2.34. The topological polar surface area (TPSA) is 63.2 Å². The van der Waals surface area contributed by atoms with E-state index in [0.717, 1.165) is 5.75 Å². The zero-order valence-electron chi connectivity index (χ0n) is 10.8. The van der Waals surface area contributed by atoms with Crippen LogP contribution in [0.2, 0.25) is 0 Å². The molecule has 2 aromatic rings. The number of amides is 1. The van der Waals surface area contributed by atoms with Crippen molar-refractivity contribution in [2.24, 2.45) is 0 Å². The van der Waals surface area contributed by atoms with Crippen LogP contribution in [0, 0.1) is 0 Å². The molecule has 1 amide bonds. The Morgan fingerprint density at radius 3 is 2.75 bits per heavy atom. The number of benzene rings is 1. The molecule has 2 rings (SSSR count). The second-order valence-corrected chi connectivity index (χ2v) is 5.01. The summed E-state index contributed by atoms with van der Waals surface area (Å²) in [5.41, 5.74) is 0.511. The van der Waals surface area contributed by atoms with Crippen LogP contribution in [-0.2, 0) is 0 Å². The van der Waals surface area contributed by atoms with Crippen LogP contribution in [0.3, 0.4) is 0 Å². The fourth-order valence-corrected chi connectivity index (χ4v) is 2.25. The number of hydrogen-bond donors (Lipinski definition) is 2. The lowest BCUT2D eigenvalue weighted by atomic mass is 10.2. The number of rotatable bonds is 4. The molecule has 0 radical (unpaired) electrons. The molecule has 0 saturated carbocycles. The van der Waals surface area contributed by atoms with Crippen LogP contribution in [0.4, 0.5) is 5.13 Å². The monoisotopic (exact) mass is 307 g/mol. The van der Waals surface area contributed by atoms with Crippen LogP contribution in [0.5, 0.6) is 5.75 Å². The van der Waals surface area contributed by atoms with Gasteiger partial charge in [-0.15, -0.1) is 11.3 Å². The van der Waals surface area contributed by atoms with Crippen molar-refractivity contribution < 1.29 is 9.53 Å². The Hall–Kier alpha value is -1.99. The second kappa shape index (κ2) is 6.97. The van der Waals surface area contributed by atoms with Gasteiger partial charge in [-0.1, -0.05) is 0 Å². The van der Waals surface area contributed by atoms with E-state index in [1.54, 1.807) is 30.5 Å². The highest BCUT2D eigenvalue weighted by Crippen LogP contribution is 2.12. The van der Waals surface area contributed by atoms with Crippen LogP contribution in [-0.4, -0.2) is 22.6 Å². The molecule has 7 heteroatoms. The van der Waals surface area contributed by atoms with Crippen molar-refractivity contribution in [2.75, 3.05) is 11.9 Å². The van der Waals surface area contributed by atoms with E-state index in [1.165, 1.54) is 11.3 Å². The molecule has 2 N–H and O–H groups in total. The highest BCUT2D eigenvalue weighted by molar-refractivity contribution is 7.80. The van der Waals surface area contributed by atoms with Crippen molar-refractivity contribution in [3.05, 3.63) is 41.4 Å². The molecule has 0 atom stereocenters. The van der Waals surface area contributed by atoms with Gasteiger partial charge in [0.15, 0.2) is 10.2 Å². The molecule has 0 aliphatic heterocycles. The van der Waals surface area contributed by atoms with Gasteiger partial charge in [0.2, 0.25) is 0 Å². The number of nitrogens with zero attached hydrogens (tertiary/aromatic N) is 1. The van der Waals surface area contributed by atoms with Crippen LogP contribution in [0.15, 0.2) is 35.8 Å². The highest BCUT2D eigenvalue weighted by Gasteiger charge is 2.08. The number of thiazole rings is 1. The van der Waals surface area contributed by atoms with Crippen molar-refractivity contribution >= 4 is 39.7 Å². The summed E-state index contributed by atoms with van der Waals surface area (Å²) in [5, 5.41) is 8.11. The van der Waals surface area contributed by atoms with Crippen molar-refractivity contribution in [3.8, 4) is 5.75 Å². The lowest BCUT2D eigenvalue weighted by Gasteiger charge is -2.08. The van der Waals surface area contributed by atoms with Gasteiger partial charge >= 0.3 is 0 Å². The molecule has 104 valence electrons. The van der Waals surface area contributed by atoms with E-state index in [9.17, 15) is 4.79 Å².